The Kier molecular flexibility index (Phi) is 4.90. The van der Waals surface area contributed by atoms with Gasteiger partial charge in [0.15, 0.2) is 17.1 Å². The van der Waals surface area contributed by atoms with Gasteiger partial charge in [-0.1, -0.05) is 19.9 Å². The SMILES string of the molecule is COc1ccc(C(C)(C)CNC(=O)c2c[nH]c3ncc(C4CC4)nc23)cc1OC. The molecule has 7 heteroatoms. The number of rotatable bonds is 7. The number of carbonyl (C=O) groups excluding carboxylic acids is 1. The van der Waals surface area contributed by atoms with Gasteiger partial charge in [0, 0.05) is 24.1 Å². The van der Waals surface area contributed by atoms with Crippen LogP contribution in [0.1, 0.15) is 54.2 Å². The maximum atomic E-state index is 12.9. The summed E-state index contributed by atoms with van der Waals surface area (Å²) in [6.45, 7) is 4.62. The van der Waals surface area contributed by atoms with Gasteiger partial charge < -0.3 is 19.8 Å². The standard InChI is InChI=1S/C22H26N4O3/c1-22(2,14-7-8-17(28-3)18(9-14)29-4)12-25-21(27)15-10-23-20-19(15)26-16(11-24-20)13-5-6-13/h7-11,13H,5-6,12H2,1-4H3,(H,23,24)(H,25,27). The summed E-state index contributed by atoms with van der Waals surface area (Å²) in [6, 6.07) is 5.82. The smallest absolute Gasteiger partial charge is 0.255 e. The highest BCUT2D eigenvalue weighted by molar-refractivity contribution is 6.04. The molecule has 0 spiro atoms. The number of fused-ring (bicyclic) bond motifs is 1. The first-order chi connectivity index (χ1) is 13.9. The predicted molar refractivity (Wildman–Crippen MR) is 111 cm³/mol. The van der Waals surface area contributed by atoms with Crippen molar-refractivity contribution in [1.29, 1.82) is 0 Å². The van der Waals surface area contributed by atoms with Gasteiger partial charge in [0.25, 0.3) is 5.91 Å². The predicted octanol–water partition coefficient (Wildman–Crippen LogP) is 3.56. The molecule has 1 aliphatic rings. The van der Waals surface area contributed by atoms with E-state index in [0.717, 1.165) is 24.1 Å². The van der Waals surface area contributed by atoms with Crippen molar-refractivity contribution in [2.45, 2.75) is 38.0 Å². The zero-order valence-corrected chi connectivity index (χ0v) is 17.2. The third kappa shape index (κ3) is 3.77. The molecule has 2 aromatic heterocycles. The number of benzene rings is 1. The summed E-state index contributed by atoms with van der Waals surface area (Å²) < 4.78 is 10.7. The Morgan fingerprint density at radius 3 is 2.69 bits per heavy atom. The minimum absolute atomic E-state index is 0.160. The second-order valence-electron chi connectivity index (χ2n) is 8.11. The molecule has 0 saturated heterocycles. The molecule has 29 heavy (non-hydrogen) atoms. The zero-order valence-electron chi connectivity index (χ0n) is 17.2. The molecular weight excluding hydrogens is 368 g/mol. The van der Waals surface area contributed by atoms with Crippen molar-refractivity contribution < 1.29 is 14.3 Å². The van der Waals surface area contributed by atoms with Crippen LogP contribution in [0.15, 0.2) is 30.6 Å². The van der Waals surface area contributed by atoms with E-state index in [4.69, 9.17) is 9.47 Å². The van der Waals surface area contributed by atoms with Crippen LogP contribution in [0.3, 0.4) is 0 Å². The molecule has 0 aliphatic heterocycles. The highest BCUT2D eigenvalue weighted by atomic mass is 16.5. The number of hydrogen-bond donors (Lipinski definition) is 2. The summed E-state index contributed by atoms with van der Waals surface area (Å²) in [5.74, 6) is 1.68. The molecule has 0 radical (unpaired) electrons. The van der Waals surface area contributed by atoms with Crippen LogP contribution in [0.5, 0.6) is 11.5 Å². The van der Waals surface area contributed by atoms with Gasteiger partial charge in [-0.05, 0) is 30.5 Å². The van der Waals surface area contributed by atoms with Gasteiger partial charge in [0.1, 0.15) is 5.52 Å². The highest BCUT2D eigenvalue weighted by Crippen LogP contribution is 2.39. The highest BCUT2D eigenvalue weighted by Gasteiger charge is 2.27. The molecule has 1 aliphatic carbocycles. The number of nitrogens with one attached hydrogen (secondary N) is 2. The minimum Gasteiger partial charge on any atom is -0.493 e. The third-order valence-corrected chi connectivity index (χ3v) is 5.50. The number of aromatic amines is 1. The van der Waals surface area contributed by atoms with Crippen molar-refractivity contribution in [2.75, 3.05) is 20.8 Å². The van der Waals surface area contributed by atoms with E-state index < -0.39 is 0 Å². The number of nitrogens with zero attached hydrogens (tertiary/aromatic N) is 2. The normalized spacial score (nSPS) is 14.1. The fourth-order valence-electron chi connectivity index (χ4n) is 3.41. The van der Waals surface area contributed by atoms with Crippen molar-refractivity contribution >= 4 is 17.1 Å². The van der Waals surface area contributed by atoms with E-state index >= 15 is 0 Å². The van der Waals surface area contributed by atoms with E-state index in [1.165, 1.54) is 0 Å². The Balaban J connectivity index is 1.51. The summed E-state index contributed by atoms with van der Waals surface area (Å²) in [7, 11) is 3.23. The van der Waals surface area contributed by atoms with Gasteiger partial charge in [-0.15, -0.1) is 0 Å². The van der Waals surface area contributed by atoms with Crippen LogP contribution < -0.4 is 14.8 Å². The van der Waals surface area contributed by atoms with Gasteiger partial charge in [-0.2, -0.15) is 0 Å². The van der Waals surface area contributed by atoms with Gasteiger partial charge in [0.05, 0.1) is 31.7 Å². The van der Waals surface area contributed by atoms with Gasteiger partial charge in [0.2, 0.25) is 0 Å². The molecule has 152 valence electrons. The van der Waals surface area contributed by atoms with Gasteiger partial charge in [-0.3, -0.25) is 4.79 Å². The monoisotopic (exact) mass is 394 g/mol. The van der Waals surface area contributed by atoms with Crippen LogP contribution >= 0.6 is 0 Å². The second-order valence-corrected chi connectivity index (χ2v) is 8.11. The van der Waals surface area contributed by atoms with E-state index in [9.17, 15) is 4.79 Å². The quantitative estimate of drug-likeness (QED) is 0.640. The lowest BCUT2D eigenvalue weighted by atomic mass is 9.84. The Morgan fingerprint density at radius 1 is 1.24 bits per heavy atom. The number of ether oxygens (including phenoxy) is 2. The lowest BCUT2D eigenvalue weighted by molar-refractivity contribution is 0.0947. The van der Waals surface area contributed by atoms with Crippen molar-refractivity contribution in [2.24, 2.45) is 0 Å². The number of methoxy groups -OCH3 is 2. The fraction of sp³-hybridized carbons (Fsp3) is 0.409. The molecule has 3 aromatic rings. The average Bonchev–Trinajstić information content (AvgIpc) is 3.50. The van der Waals surface area contributed by atoms with E-state index in [1.807, 2.05) is 18.2 Å². The number of aromatic nitrogens is 3. The zero-order chi connectivity index (χ0) is 20.6. The number of carbonyl (C=O) groups is 1. The first-order valence-corrected chi connectivity index (χ1v) is 9.77. The first-order valence-electron chi connectivity index (χ1n) is 9.77. The van der Waals surface area contributed by atoms with Crippen LogP contribution in [-0.2, 0) is 5.41 Å². The molecular formula is C22H26N4O3. The number of amides is 1. The van der Waals surface area contributed by atoms with Crippen LogP contribution in [0, 0.1) is 0 Å². The Bertz CT molecular complexity index is 1050. The minimum atomic E-state index is -0.299. The van der Waals surface area contributed by atoms with Crippen LogP contribution in [0.2, 0.25) is 0 Å². The molecule has 1 amide bonds. The summed E-state index contributed by atoms with van der Waals surface area (Å²) in [6.07, 6.45) is 5.77. The molecule has 2 heterocycles. The molecule has 4 rings (SSSR count). The maximum Gasteiger partial charge on any atom is 0.255 e. The van der Waals surface area contributed by atoms with Crippen molar-refractivity contribution in [1.82, 2.24) is 20.3 Å². The average molecular weight is 394 g/mol. The third-order valence-electron chi connectivity index (χ3n) is 5.50. The van der Waals surface area contributed by atoms with Crippen molar-refractivity contribution in [3.63, 3.8) is 0 Å². The van der Waals surface area contributed by atoms with E-state index in [-0.39, 0.29) is 11.3 Å². The maximum absolute atomic E-state index is 12.9. The number of H-pyrrole nitrogens is 1. The molecule has 0 unspecified atom stereocenters. The molecule has 0 bridgehead atoms. The second kappa shape index (κ2) is 7.39. The largest absolute Gasteiger partial charge is 0.493 e. The van der Waals surface area contributed by atoms with Crippen molar-refractivity contribution in [3.05, 3.63) is 47.4 Å². The van der Waals surface area contributed by atoms with Gasteiger partial charge >= 0.3 is 0 Å². The Hall–Kier alpha value is -3.09. The van der Waals surface area contributed by atoms with Crippen molar-refractivity contribution in [3.8, 4) is 11.5 Å². The molecule has 2 N–H and O–H groups in total. The fourth-order valence-corrected chi connectivity index (χ4v) is 3.41. The topological polar surface area (TPSA) is 89.1 Å². The van der Waals surface area contributed by atoms with E-state index in [2.05, 4.69) is 34.1 Å². The van der Waals surface area contributed by atoms with E-state index in [0.29, 0.717) is 40.7 Å². The lowest BCUT2D eigenvalue weighted by Gasteiger charge is -2.26. The first kappa shape index (κ1) is 19.2. The number of hydrogen-bond acceptors (Lipinski definition) is 5. The lowest BCUT2D eigenvalue weighted by Crippen LogP contribution is -2.36. The Morgan fingerprint density at radius 2 is 2.00 bits per heavy atom. The summed E-state index contributed by atoms with van der Waals surface area (Å²) >= 11 is 0. The van der Waals surface area contributed by atoms with Crippen LogP contribution in [-0.4, -0.2) is 41.6 Å². The molecule has 1 aromatic carbocycles. The molecule has 7 nitrogen and oxygen atoms in total. The Labute approximate surface area is 169 Å². The summed E-state index contributed by atoms with van der Waals surface area (Å²) in [4.78, 5) is 25.0. The van der Waals surface area contributed by atoms with Crippen LogP contribution in [0.4, 0.5) is 0 Å². The van der Waals surface area contributed by atoms with Crippen LogP contribution in [0.25, 0.3) is 11.2 Å². The van der Waals surface area contributed by atoms with Gasteiger partial charge in [-0.25, -0.2) is 9.97 Å². The van der Waals surface area contributed by atoms with E-state index in [1.54, 1.807) is 26.6 Å². The molecule has 1 fully saturated rings. The molecule has 1 saturated carbocycles. The summed E-state index contributed by atoms with van der Waals surface area (Å²) in [5.41, 5.74) is 3.52. The molecule has 0 atom stereocenters. The summed E-state index contributed by atoms with van der Waals surface area (Å²) in [5, 5.41) is 3.05.